The van der Waals surface area contributed by atoms with Crippen molar-refractivity contribution in [1.29, 1.82) is 0 Å². The summed E-state index contributed by atoms with van der Waals surface area (Å²) in [5.41, 5.74) is 11.4. The lowest BCUT2D eigenvalue weighted by molar-refractivity contribution is -0.109. The molecule has 23 heavy (non-hydrogen) atoms. The van der Waals surface area contributed by atoms with Gasteiger partial charge in [-0.15, -0.1) is 0 Å². The number of rotatable bonds is 3. The minimum absolute atomic E-state index is 0.230. The van der Waals surface area contributed by atoms with Crippen LogP contribution in [0.15, 0.2) is 23.6 Å². The molecule has 2 aromatic rings. The number of ether oxygens (including phenoxy) is 1. The van der Waals surface area contributed by atoms with E-state index in [4.69, 9.17) is 16.0 Å². The second-order valence-electron chi connectivity index (χ2n) is 5.52. The van der Waals surface area contributed by atoms with Crippen molar-refractivity contribution in [3.8, 4) is 0 Å². The van der Waals surface area contributed by atoms with Gasteiger partial charge in [-0.3, -0.25) is 0 Å². The van der Waals surface area contributed by atoms with Gasteiger partial charge in [0.05, 0.1) is 12.3 Å². The third-order valence-corrected chi connectivity index (χ3v) is 4.05. The van der Waals surface area contributed by atoms with E-state index >= 15 is 0 Å². The summed E-state index contributed by atoms with van der Waals surface area (Å²) < 4.78 is 6.97. The first kappa shape index (κ1) is 15.5. The van der Waals surface area contributed by atoms with E-state index in [9.17, 15) is 15.3 Å². The minimum atomic E-state index is -1.99. The van der Waals surface area contributed by atoms with Gasteiger partial charge in [0.1, 0.15) is 29.7 Å². The Hall–Kier alpha value is -2.43. The molecule has 0 spiro atoms. The number of aliphatic hydroxyl groups is 3. The number of aromatic nitrogens is 3. The van der Waals surface area contributed by atoms with E-state index in [-0.39, 0.29) is 5.82 Å². The standard InChI is InChI=1S/C12H15N7O4/c1-11(22)8(23-12(4-20,10(11)21)17-18-14)6-2-3-7-9(13)15-5-16-19(6)7/h2-3,5,8,10,20-22H,4H2,1H3,(H2,13,15,16)/t8-,10-,11-,12+/m0/s1. The molecule has 1 aliphatic heterocycles. The maximum Gasteiger partial charge on any atom is 0.199 e. The number of azide groups is 1. The van der Waals surface area contributed by atoms with E-state index in [0.717, 1.165) is 0 Å². The number of anilines is 1. The van der Waals surface area contributed by atoms with Crippen LogP contribution in [0, 0.1) is 0 Å². The number of fused-ring (bicyclic) bond motifs is 1. The van der Waals surface area contributed by atoms with Crippen LogP contribution in [-0.4, -0.2) is 54.0 Å². The fourth-order valence-electron chi connectivity index (χ4n) is 2.83. The average molecular weight is 321 g/mol. The Morgan fingerprint density at radius 3 is 2.96 bits per heavy atom. The number of hydrogen-bond donors (Lipinski definition) is 4. The van der Waals surface area contributed by atoms with Crippen LogP contribution in [0.3, 0.4) is 0 Å². The molecule has 0 aliphatic carbocycles. The number of nitrogen functional groups attached to an aromatic ring is 1. The second-order valence-corrected chi connectivity index (χ2v) is 5.52. The highest BCUT2D eigenvalue weighted by Gasteiger charge is 2.61. The van der Waals surface area contributed by atoms with E-state index in [0.29, 0.717) is 11.2 Å². The zero-order valence-electron chi connectivity index (χ0n) is 12.1. The zero-order chi connectivity index (χ0) is 16.8. The van der Waals surface area contributed by atoms with Crippen LogP contribution in [0.5, 0.6) is 0 Å². The van der Waals surface area contributed by atoms with E-state index in [1.54, 1.807) is 12.1 Å². The number of nitrogens with zero attached hydrogens (tertiary/aromatic N) is 6. The highest BCUT2D eigenvalue weighted by Crippen LogP contribution is 2.47. The highest BCUT2D eigenvalue weighted by molar-refractivity contribution is 5.65. The maximum atomic E-state index is 10.7. The van der Waals surface area contributed by atoms with E-state index in [2.05, 4.69) is 20.1 Å². The fourth-order valence-corrected chi connectivity index (χ4v) is 2.83. The molecule has 1 saturated heterocycles. The van der Waals surface area contributed by atoms with Gasteiger partial charge in [0.2, 0.25) is 0 Å². The summed E-state index contributed by atoms with van der Waals surface area (Å²) in [7, 11) is 0. The van der Waals surface area contributed by atoms with Gasteiger partial charge < -0.3 is 25.8 Å². The highest BCUT2D eigenvalue weighted by atomic mass is 16.6. The summed E-state index contributed by atoms with van der Waals surface area (Å²) in [5, 5.41) is 37.9. The Balaban J connectivity index is 2.15. The van der Waals surface area contributed by atoms with Crippen LogP contribution in [-0.2, 0) is 4.74 Å². The molecule has 1 fully saturated rings. The molecule has 122 valence electrons. The molecular formula is C12H15N7O4. The lowest BCUT2D eigenvalue weighted by Gasteiger charge is -2.28. The number of nitrogens with two attached hydrogens (primary N) is 1. The first-order valence-electron chi connectivity index (χ1n) is 6.71. The summed E-state index contributed by atoms with van der Waals surface area (Å²) >= 11 is 0. The topological polar surface area (TPSA) is 175 Å². The lowest BCUT2D eigenvalue weighted by atomic mass is 9.89. The first-order chi connectivity index (χ1) is 10.9. The lowest BCUT2D eigenvalue weighted by Crippen LogP contribution is -2.49. The molecule has 5 N–H and O–H groups in total. The average Bonchev–Trinajstić information content (AvgIpc) is 3.02. The van der Waals surface area contributed by atoms with Crippen LogP contribution in [0.4, 0.5) is 5.82 Å². The van der Waals surface area contributed by atoms with Crippen molar-refractivity contribution >= 4 is 11.3 Å². The first-order valence-corrected chi connectivity index (χ1v) is 6.71. The van der Waals surface area contributed by atoms with Crippen molar-refractivity contribution in [1.82, 2.24) is 14.6 Å². The molecule has 4 atom stereocenters. The molecule has 1 aliphatic rings. The maximum absolute atomic E-state index is 10.7. The van der Waals surface area contributed by atoms with Crippen molar-refractivity contribution in [2.45, 2.75) is 30.5 Å². The molecule has 2 aromatic heterocycles. The Bertz CT molecular complexity index is 800. The molecule has 0 saturated carbocycles. The van der Waals surface area contributed by atoms with Gasteiger partial charge in [0.15, 0.2) is 11.5 Å². The molecule has 3 rings (SSSR count). The minimum Gasteiger partial charge on any atom is -0.393 e. The van der Waals surface area contributed by atoms with E-state index < -0.39 is 30.1 Å². The monoisotopic (exact) mass is 321 g/mol. The van der Waals surface area contributed by atoms with Crippen LogP contribution in [0.25, 0.3) is 16.0 Å². The third-order valence-electron chi connectivity index (χ3n) is 4.05. The van der Waals surface area contributed by atoms with Crippen molar-refractivity contribution < 1.29 is 20.1 Å². The molecule has 3 heterocycles. The van der Waals surface area contributed by atoms with Crippen LogP contribution in [0.2, 0.25) is 0 Å². The predicted octanol–water partition coefficient (Wildman–Crippen LogP) is -0.506. The quantitative estimate of drug-likeness (QED) is 0.334. The van der Waals surface area contributed by atoms with Crippen molar-refractivity contribution in [2.75, 3.05) is 12.3 Å². The summed E-state index contributed by atoms with van der Waals surface area (Å²) in [6.07, 6.45) is -1.53. The molecule has 11 nitrogen and oxygen atoms in total. The van der Waals surface area contributed by atoms with Gasteiger partial charge in [0, 0.05) is 4.91 Å². The number of aliphatic hydroxyl groups excluding tert-OH is 2. The smallest absolute Gasteiger partial charge is 0.199 e. The fraction of sp³-hybridized carbons (Fsp3) is 0.500. The third kappa shape index (κ3) is 2.03. The summed E-state index contributed by atoms with van der Waals surface area (Å²) in [5.74, 6) is 0.230. The van der Waals surface area contributed by atoms with Gasteiger partial charge in [-0.05, 0) is 24.6 Å². The Kier molecular flexibility index (Phi) is 3.39. The van der Waals surface area contributed by atoms with Crippen LogP contribution < -0.4 is 5.73 Å². The second kappa shape index (κ2) is 5.05. The van der Waals surface area contributed by atoms with Gasteiger partial charge >= 0.3 is 0 Å². The molecule has 0 bridgehead atoms. The summed E-state index contributed by atoms with van der Waals surface area (Å²) in [6.45, 7) is 0.516. The molecule has 0 unspecified atom stereocenters. The molecule has 0 radical (unpaired) electrons. The van der Waals surface area contributed by atoms with E-state index in [1.165, 1.54) is 17.8 Å². The molecular weight excluding hydrogens is 306 g/mol. The van der Waals surface area contributed by atoms with Gasteiger partial charge in [-0.25, -0.2) is 9.50 Å². The van der Waals surface area contributed by atoms with Crippen LogP contribution in [0.1, 0.15) is 18.7 Å². The van der Waals surface area contributed by atoms with Crippen molar-refractivity contribution in [3.63, 3.8) is 0 Å². The predicted molar refractivity (Wildman–Crippen MR) is 76.8 cm³/mol. The van der Waals surface area contributed by atoms with Gasteiger partial charge in [0.25, 0.3) is 0 Å². The molecule has 11 heteroatoms. The zero-order valence-corrected chi connectivity index (χ0v) is 12.1. The van der Waals surface area contributed by atoms with Crippen molar-refractivity contribution in [3.05, 3.63) is 34.6 Å². The van der Waals surface area contributed by atoms with Gasteiger partial charge in [-0.1, -0.05) is 5.11 Å². The number of hydrogen-bond acceptors (Lipinski definition) is 8. The Labute approximate surface area is 129 Å². The SMILES string of the molecule is C[C@]1(O)[C@H](c2ccc3c(N)ncnn23)O[C@@](CO)(N=[N+]=[N-])[C@H]1O. The Morgan fingerprint density at radius 1 is 1.57 bits per heavy atom. The molecule has 0 aromatic carbocycles. The van der Waals surface area contributed by atoms with E-state index in [1.807, 2.05) is 0 Å². The van der Waals surface area contributed by atoms with Crippen molar-refractivity contribution in [2.24, 2.45) is 5.11 Å². The summed E-state index contributed by atoms with van der Waals surface area (Å²) in [4.78, 5) is 6.44. The molecule has 0 amide bonds. The normalized spacial score (nSPS) is 33.7. The van der Waals surface area contributed by atoms with Gasteiger partial charge in [-0.2, -0.15) is 5.10 Å². The van der Waals surface area contributed by atoms with Crippen LogP contribution >= 0.6 is 0 Å². The Morgan fingerprint density at radius 2 is 2.30 bits per heavy atom. The largest absolute Gasteiger partial charge is 0.393 e. The summed E-state index contributed by atoms with van der Waals surface area (Å²) in [6, 6.07) is 3.22.